The van der Waals surface area contributed by atoms with E-state index in [0.717, 1.165) is 16.7 Å². The number of nitrogens with zero attached hydrogens (tertiary/aromatic N) is 2. The minimum Gasteiger partial charge on any atom is -0.274 e. The van der Waals surface area contributed by atoms with Gasteiger partial charge >= 0.3 is 0 Å². The van der Waals surface area contributed by atoms with Crippen molar-refractivity contribution in [3.63, 3.8) is 0 Å². The number of allylic oxidation sites excluding steroid dienone is 4. The molecular formula is C34H22Cl4N2O4. The lowest BCUT2D eigenvalue weighted by molar-refractivity contribution is -0.129. The average molecular weight is 664 g/mol. The van der Waals surface area contributed by atoms with Gasteiger partial charge in [0.25, 0.3) is 0 Å². The molecule has 4 aliphatic carbocycles. The number of fused-ring (bicyclic) bond motifs is 1. The maximum absolute atomic E-state index is 14.3. The number of imide groups is 2. The third kappa shape index (κ3) is 3.81. The Bertz CT molecular complexity index is 1890. The zero-order valence-electron chi connectivity index (χ0n) is 22.8. The summed E-state index contributed by atoms with van der Waals surface area (Å²) >= 11 is 24.8. The SMILES string of the molecule is O=C1[C@@H]2[C@H]3C=C[C@@H](C4=C(c5ccccc5)C[C@H]5C(=O)N(c6ccc(Cl)c(Cl)c6)C(=O)[C@@H]5[C@H]43)[C@H]2C(=O)N1c1ccc(Cl)c(Cl)c1. The first-order chi connectivity index (χ1) is 21.2. The second-order valence-electron chi connectivity index (χ2n) is 11.9. The molecule has 0 unspecified atom stereocenters. The van der Waals surface area contributed by atoms with Gasteiger partial charge in [0.1, 0.15) is 0 Å². The summed E-state index contributed by atoms with van der Waals surface area (Å²) in [6.45, 7) is 0. The monoisotopic (exact) mass is 662 g/mol. The number of anilines is 2. The summed E-state index contributed by atoms with van der Waals surface area (Å²) in [4.78, 5) is 59.1. The topological polar surface area (TPSA) is 74.8 Å². The van der Waals surface area contributed by atoms with Gasteiger partial charge in [0, 0.05) is 11.8 Å². The Morgan fingerprint density at radius 1 is 0.568 bits per heavy atom. The fourth-order valence-corrected chi connectivity index (χ4v) is 8.86. The molecule has 2 saturated heterocycles. The van der Waals surface area contributed by atoms with Gasteiger partial charge in [-0.05, 0) is 59.9 Å². The molecule has 2 aliphatic heterocycles. The number of amides is 4. The Hall–Kier alpha value is -3.42. The average Bonchev–Trinajstić information content (AvgIpc) is 3.45. The molecule has 220 valence electrons. The second kappa shape index (κ2) is 10.0. The Morgan fingerprint density at radius 3 is 1.75 bits per heavy atom. The van der Waals surface area contributed by atoms with Crippen molar-refractivity contribution in [1.82, 2.24) is 0 Å². The third-order valence-corrected chi connectivity index (χ3v) is 11.4. The molecule has 0 N–H and O–H groups in total. The molecule has 3 fully saturated rings. The van der Waals surface area contributed by atoms with Crippen molar-refractivity contribution in [2.24, 2.45) is 41.4 Å². The summed E-state index contributed by atoms with van der Waals surface area (Å²) in [5.41, 5.74) is 3.59. The molecule has 0 spiro atoms. The quantitative estimate of drug-likeness (QED) is 0.215. The van der Waals surface area contributed by atoms with Crippen LogP contribution in [0.5, 0.6) is 0 Å². The lowest BCUT2D eigenvalue weighted by atomic mass is 9.49. The summed E-state index contributed by atoms with van der Waals surface area (Å²) in [7, 11) is 0. The van der Waals surface area contributed by atoms with Crippen molar-refractivity contribution >= 4 is 87.0 Å². The Kier molecular flexibility index (Phi) is 6.41. The fourth-order valence-electron chi connectivity index (χ4n) is 8.27. The molecule has 2 bridgehead atoms. The summed E-state index contributed by atoms with van der Waals surface area (Å²) in [5, 5.41) is 1.12. The highest BCUT2D eigenvalue weighted by atomic mass is 35.5. The van der Waals surface area contributed by atoms with Gasteiger partial charge in [-0.3, -0.25) is 19.2 Å². The number of carbonyl (C=O) groups is 4. The van der Waals surface area contributed by atoms with E-state index in [0.29, 0.717) is 27.8 Å². The standard InChI is InChI=1S/C34H22Cl4N2O4/c35-22-10-6-16(12-24(22)37)39-31(41)21-14-20(15-4-2-1-3-5-15)26-18-8-9-19(27(26)30(21)34(39)44)29-28(18)32(42)40(33(29)43)17-7-11-23(36)25(38)13-17/h1-13,18-19,21,27-30H,14H2/t18-,19-,21+,27-,28+,29+,30-/m0/s1. The molecule has 3 aromatic carbocycles. The normalized spacial score (nSPS) is 30.3. The minimum absolute atomic E-state index is 0.239. The van der Waals surface area contributed by atoms with Crippen LogP contribution in [0.4, 0.5) is 11.4 Å². The van der Waals surface area contributed by atoms with Crippen molar-refractivity contribution in [3.05, 3.63) is 110 Å². The van der Waals surface area contributed by atoms with E-state index in [1.807, 2.05) is 42.5 Å². The maximum atomic E-state index is 14.3. The summed E-state index contributed by atoms with van der Waals surface area (Å²) in [6, 6.07) is 19.2. The van der Waals surface area contributed by atoms with Crippen LogP contribution < -0.4 is 9.80 Å². The Balaban J connectivity index is 1.28. The van der Waals surface area contributed by atoms with E-state index in [1.54, 1.807) is 24.3 Å². The molecule has 6 aliphatic rings. The van der Waals surface area contributed by atoms with E-state index in [2.05, 4.69) is 0 Å². The van der Waals surface area contributed by atoms with Crippen LogP contribution in [-0.2, 0) is 19.2 Å². The largest absolute Gasteiger partial charge is 0.274 e. The van der Waals surface area contributed by atoms with Crippen LogP contribution in [0.1, 0.15) is 12.0 Å². The van der Waals surface area contributed by atoms with Gasteiger partial charge < -0.3 is 0 Å². The highest BCUT2D eigenvalue weighted by molar-refractivity contribution is 6.43. The molecule has 2 heterocycles. The van der Waals surface area contributed by atoms with Gasteiger partial charge in [0.2, 0.25) is 23.6 Å². The first-order valence-corrected chi connectivity index (χ1v) is 15.8. The zero-order chi connectivity index (χ0) is 30.6. The van der Waals surface area contributed by atoms with Crippen molar-refractivity contribution in [3.8, 4) is 0 Å². The van der Waals surface area contributed by atoms with E-state index in [-0.39, 0.29) is 33.7 Å². The van der Waals surface area contributed by atoms with Gasteiger partial charge in [-0.1, -0.05) is 94.5 Å². The van der Waals surface area contributed by atoms with Crippen molar-refractivity contribution in [1.29, 1.82) is 0 Å². The molecule has 0 aromatic heterocycles. The fraction of sp³-hybridized carbons (Fsp3) is 0.235. The first-order valence-electron chi connectivity index (χ1n) is 14.3. The van der Waals surface area contributed by atoms with Crippen LogP contribution >= 0.6 is 46.4 Å². The van der Waals surface area contributed by atoms with E-state index in [4.69, 9.17) is 46.4 Å². The summed E-state index contributed by atoms with van der Waals surface area (Å²) in [5.74, 6) is -5.21. The van der Waals surface area contributed by atoms with Crippen LogP contribution in [0.2, 0.25) is 20.1 Å². The smallest absolute Gasteiger partial charge is 0.238 e. The summed E-state index contributed by atoms with van der Waals surface area (Å²) in [6.07, 6.45) is 4.34. The molecule has 10 heteroatoms. The third-order valence-electron chi connectivity index (χ3n) is 9.95. The van der Waals surface area contributed by atoms with Gasteiger partial charge in [-0.2, -0.15) is 0 Å². The Labute approximate surface area is 272 Å². The highest BCUT2D eigenvalue weighted by Gasteiger charge is 2.67. The van der Waals surface area contributed by atoms with Gasteiger partial charge in [-0.25, -0.2) is 9.80 Å². The minimum atomic E-state index is -0.695. The molecule has 9 rings (SSSR count). The first kappa shape index (κ1) is 28.1. The van der Waals surface area contributed by atoms with Crippen molar-refractivity contribution in [2.75, 3.05) is 9.80 Å². The number of hydrogen-bond donors (Lipinski definition) is 0. The Morgan fingerprint density at radius 2 is 1.14 bits per heavy atom. The number of carbonyl (C=O) groups excluding carboxylic acids is 4. The van der Waals surface area contributed by atoms with E-state index in [1.165, 1.54) is 21.9 Å². The van der Waals surface area contributed by atoms with E-state index >= 15 is 0 Å². The molecular weight excluding hydrogens is 642 g/mol. The zero-order valence-corrected chi connectivity index (χ0v) is 25.8. The van der Waals surface area contributed by atoms with Crippen molar-refractivity contribution in [2.45, 2.75) is 6.42 Å². The van der Waals surface area contributed by atoms with E-state index < -0.39 is 41.4 Å². The van der Waals surface area contributed by atoms with Crippen molar-refractivity contribution < 1.29 is 19.2 Å². The highest BCUT2D eigenvalue weighted by Crippen LogP contribution is 2.63. The molecule has 6 nitrogen and oxygen atoms in total. The van der Waals surface area contributed by atoms with Crippen LogP contribution in [0, 0.1) is 41.4 Å². The maximum Gasteiger partial charge on any atom is 0.238 e. The van der Waals surface area contributed by atoms with Gasteiger partial charge in [-0.15, -0.1) is 0 Å². The molecule has 44 heavy (non-hydrogen) atoms. The molecule has 1 saturated carbocycles. The number of hydrogen-bond acceptors (Lipinski definition) is 4. The predicted octanol–water partition coefficient (Wildman–Crippen LogP) is 7.50. The van der Waals surface area contributed by atoms with Crippen LogP contribution in [0.15, 0.2) is 84.5 Å². The van der Waals surface area contributed by atoms with Crippen LogP contribution in [0.3, 0.4) is 0 Å². The van der Waals surface area contributed by atoms with Gasteiger partial charge in [0.15, 0.2) is 0 Å². The van der Waals surface area contributed by atoms with Gasteiger partial charge in [0.05, 0.1) is 55.1 Å². The summed E-state index contributed by atoms with van der Waals surface area (Å²) < 4.78 is 0. The lowest BCUT2D eigenvalue weighted by Crippen LogP contribution is -2.51. The molecule has 0 radical (unpaired) electrons. The molecule has 4 amide bonds. The van der Waals surface area contributed by atoms with Crippen LogP contribution in [0.25, 0.3) is 5.57 Å². The molecule has 3 aromatic rings. The van der Waals surface area contributed by atoms with E-state index in [9.17, 15) is 19.2 Å². The number of rotatable bonds is 3. The predicted molar refractivity (Wildman–Crippen MR) is 169 cm³/mol. The number of benzene rings is 3. The number of halogens is 4. The van der Waals surface area contributed by atoms with Crippen LogP contribution in [-0.4, -0.2) is 23.6 Å². The second-order valence-corrected chi connectivity index (χ2v) is 13.6. The lowest BCUT2D eigenvalue weighted by Gasteiger charge is -2.51. The molecule has 7 atom stereocenters.